The molecule has 0 unspecified atom stereocenters. The summed E-state index contributed by atoms with van der Waals surface area (Å²) >= 11 is 3.28. The Morgan fingerprint density at radius 2 is 2.50 bits per heavy atom. The molecule has 4 heteroatoms. The predicted molar refractivity (Wildman–Crippen MR) is 42.9 cm³/mol. The Morgan fingerprint density at radius 1 is 1.70 bits per heavy atom. The maximum Gasteiger partial charge on any atom is 0.201 e. The molecule has 0 amide bonds. The van der Waals surface area contributed by atoms with Crippen molar-refractivity contribution >= 4 is 21.9 Å². The second kappa shape index (κ2) is 2.27. The van der Waals surface area contributed by atoms with Crippen molar-refractivity contribution in [2.45, 2.75) is 18.9 Å². The summed E-state index contributed by atoms with van der Waals surface area (Å²) in [7, 11) is 0. The monoisotopic (exact) mass is 201 g/mol. The molecule has 1 aromatic heterocycles. The molecule has 1 aromatic rings. The Balaban J connectivity index is 2.03. The van der Waals surface area contributed by atoms with E-state index in [0.29, 0.717) is 6.04 Å². The fraction of sp³-hybridized carbons (Fsp3) is 0.500. The van der Waals surface area contributed by atoms with Crippen molar-refractivity contribution in [3.63, 3.8) is 0 Å². The molecular weight excluding hydrogens is 194 g/mol. The fourth-order valence-electron chi connectivity index (χ4n) is 0.793. The maximum atomic E-state index is 4.08. The van der Waals surface area contributed by atoms with Crippen LogP contribution in [0.15, 0.2) is 10.8 Å². The number of hydrogen-bond acceptors (Lipinski definition) is 2. The summed E-state index contributed by atoms with van der Waals surface area (Å²) in [6.07, 6.45) is 4.31. The molecule has 2 rings (SSSR count). The molecule has 1 fully saturated rings. The molecule has 2 N–H and O–H groups in total. The van der Waals surface area contributed by atoms with E-state index in [1.807, 2.05) is 0 Å². The van der Waals surface area contributed by atoms with Gasteiger partial charge in [0.2, 0.25) is 5.95 Å². The third-order valence-corrected chi connectivity index (χ3v) is 1.87. The molecule has 0 radical (unpaired) electrons. The highest BCUT2D eigenvalue weighted by molar-refractivity contribution is 9.10. The smallest absolute Gasteiger partial charge is 0.201 e. The quantitative estimate of drug-likeness (QED) is 0.766. The molecule has 1 aliphatic rings. The van der Waals surface area contributed by atoms with Crippen LogP contribution in [0, 0.1) is 0 Å². The first-order chi connectivity index (χ1) is 4.84. The normalized spacial score (nSPS) is 17.3. The van der Waals surface area contributed by atoms with E-state index in [0.717, 1.165) is 10.6 Å². The van der Waals surface area contributed by atoms with Gasteiger partial charge in [-0.05, 0) is 28.8 Å². The Kier molecular flexibility index (Phi) is 1.41. The topological polar surface area (TPSA) is 40.7 Å². The minimum Gasteiger partial charge on any atom is -0.353 e. The van der Waals surface area contributed by atoms with Crippen LogP contribution in [0.5, 0.6) is 0 Å². The van der Waals surface area contributed by atoms with Crippen molar-refractivity contribution in [3.05, 3.63) is 10.8 Å². The lowest BCUT2D eigenvalue weighted by atomic mass is 10.7. The summed E-state index contributed by atoms with van der Waals surface area (Å²) in [5.41, 5.74) is 0. The summed E-state index contributed by atoms with van der Waals surface area (Å²) < 4.78 is 0.927. The van der Waals surface area contributed by atoms with Gasteiger partial charge < -0.3 is 10.3 Å². The van der Waals surface area contributed by atoms with E-state index in [1.54, 1.807) is 6.20 Å². The van der Waals surface area contributed by atoms with Crippen LogP contribution < -0.4 is 5.32 Å². The second-order valence-electron chi connectivity index (χ2n) is 2.50. The lowest BCUT2D eigenvalue weighted by Gasteiger charge is -1.95. The van der Waals surface area contributed by atoms with Crippen molar-refractivity contribution in [1.82, 2.24) is 9.97 Å². The van der Waals surface area contributed by atoms with Crippen LogP contribution in [0.25, 0.3) is 0 Å². The molecule has 1 saturated carbocycles. The van der Waals surface area contributed by atoms with Gasteiger partial charge in [0.1, 0.15) is 4.60 Å². The van der Waals surface area contributed by atoms with E-state index >= 15 is 0 Å². The molecule has 0 atom stereocenters. The largest absolute Gasteiger partial charge is 0.353 e. The molecule has 1 aliphatic carbocycles. The van der Waals surface area contributed by atoms with E-state index in [4.69, 9.17) is 0 Å². The molecule has 0 aromatic carbocycles. The first kappa shape index (κ1) is 6.22. The van der Waals surface area contributed by atoms with Crippen molar-refractivity contribution < 1.29 is 0 Å². The van der Waals surface area contributed by atoms with Crippen LogP contribution in [-0.2, 0) is 0 Å². The maximum absolute atomic E-state index is 4.08. The number of anilines is 1. The highest BCUT2D eigenvalue weighted by Crippen LogP contribution is 2.23. The van der Waals surface area contributed by atoms with Gasteiger partial charge in [-0.1, -0.05) is 0 Å². The number of aromatic amines is 1. The third-order valence-electron chi connectivity index (χ3n) is 1.46. The number of hydrogen-bond donors (Lipinski definition) is 2. The zero-order valence-electron chi connectivity index (χ0n) is 5.39. The summed E-state index contributed by atoms with van der Waals surface area (Å²) in [4.78, 5) is 7.12. The van der Waals surface area contributed by atoms with Crippen molar-refractivity contribution in [3.8, 4) is 0 Å². The second-order valence-corrected chi connectivity index (χ2v) is 3.35. The molecule has 0 aliphatic heterocycles. The van der Waals surface area contributed by atoms with Crippen molar-refractivity contribution in [2.24, 2.45) is 0 Å². The summed E-state index contributed by atoms with van der Waals surface area (Å²) in [6, 6.07) is 0.665. The standard InChI is InChI=1S/C6H8BrN3/c7-5-3-8-6(10-5)9-4-1-2-4/h3-4H,1-2H2,(H2,8,9,10). The van der Waals surface area contributed by atoms with Gasteiger partial charge in [-0.15, -0.1) is 0 Å². The lowest BCUT2D eigenvalue weighted by molar-refractivity contribution is 1.09. The molecule has 54 valence electrons. The lowest BCUT2D eigenvalue weighted by Crippen LogP contribution is -2.01. The molecule has 10 heavy (non-hydrogen) atoms. The molecule has 0 spiro atoms. The minimum absolute atomic E-state index is 0.665. The SMILES string of the molecule is Brc1cnc(NC2CC2)[nH]1. The van der Waals surface area contributed by atoms with Gasteiger partial charge in [0.25, 0.3) is 0 Å². The van der Waals surface area contributed by atoms with Crippen LogP contribution in [0.1, 0.15) is 12.8 Å². The van der Waals surface area contributed by atoms with E-state index in [9.17, 15) is 0 Å². The van der Waals surface area contributed by atoms with Crippen molar-refractivity contribution in [1.29, 1.82) is 0 Å². The van der Waals surface area contributed by atoms with Crippen molar-refractivity contribution in [2.75, 3.05) is 5.32 Å². The Hall–Kier alpha value is -0.510. The number of imidazole rings is 1. The van der Waals surface area contributed by atoms with Crippen LogP contribution in [0.4, 0.5) is 5.95 Å². The summed E-state index contributed by atoms with van der Waals surface area (Å²) in [6.45, 7) is 0. The Labute approximate surface area is 67.4 Å². The number of halogens is 1. The molecule has 1 heterocycles. The van der Waals surface area contributed by atoms with Gasteiger partial charge in [0, 0.05) is 6.04 Å². The van der Waals surface area contributed by atoms with Gasteiger partial charge in [0.15, 0.2) is 0 Å². The number of H-pyrrole nitrogens is 1. The first-order valence-corrected chi connectivity index (χ1v) is 4.11. The first-order valence-electron chi connectivity index (χ1n) is 3.31. The highest BCUT2D eigenvalue weighted by atomic mass is 79.9. The zero-order chi connectivity index (χ0) is 6.97. The third kappa shape index (κ3) is 1.31. The molecule has 3 nitrogen and oxygen atoms in total. The zero-order valence-corrected chi connectivity index (χ0v) is 6.98. The van der Waals surface area contributed by atoms with E-state index in [2.05, 4.69) is 31.2 Å². The highest BCUT2D eigenvalue weighted by Gasteiger charge is 2.21. The number of nitrogens with zero attached hydrogens (tertiary/aromatic N) is 1. The Bertz CT molecular complexity index is 229. The van der Waals surface area contributed by atoms with Gasteiger partial charge >= 0.3 is 0 Å². The van der Waals surface area contributed by atoms with Crippen LogP contribution in [-0.4, -0.2) is 16.0 Å². The van der Waals surface area contributed by atoms with Gasteiger partial charge in [-0.25, -0.2) is 4.98 Å². The van der Waals surface area contributed by atoms with Crippen LogP contribution in [0.3, 0.4) is 0 Å². The fourth-order valence-corrected chi connectivity index (χ4v) is 1.08. The number of aromatic nitrogens is 2. The molecular formula is C6H8BrN3. The van der Waals surface area contributed by atoms with Crippen LogP contribution >= 0.6 is 15.9 Å². The van der Waals surface area contributed by atoms with Crippen LogP contribution in [0.2, 0.25) is 0 Å². The average molecular weight is 202 g/mol. The minimum atomic E-state index is 0.665. The summed E-state index contributed by atoms with van der Waals surface area (Å²) in [5, 5.41) is 3.24. The van der Waals surface area contributed by atoms with E-state index < -0.39 is 0 Å². The summed E-state index contributed by atoms with van der Waals surface area (Å²) in [5.74, 6) is 0.870. The van der Waals surface area contributed by atoms with E-state index in [-0.39, 0.29) is 0 Å². The average Bonchev–Trinajstić information content (AvgIpc) is 2.59. The Morgan fingerprint density at radius 3 is 3.00 bits per heavy atom. The van der Waals surface area contributed by atoms with Gasteiger partial charge in [-0.3, -0.25) is 0 Å². The van der Waals surface area contributed by atoms with Gasteiger partial charge in [0.05, 0.1) is 6.20 Å². The van der Waals surface area contributed by atoms with Gasteiger partial charge in [-0.2, -0.15) is 0 Å². The molecule has 0 saturated heterocycles. The molecule has 0 bridgehead atoms. The van der Waals surface area contributed by atoms with E-state index in [1.165, 1.54) is 12.8 Å². The predicted octanol–water partition coefficient (Wildman–Crippen LogP) is 1.75. The number of nitrogens with one attached hydrogen (secondary N) is 2. The number of rotatable bonds is 2.